The first-order chi connectivity index (χ1) is 7.90. The normalized spacial score (nSPS) is 21.0. The maximum Gasteiger partial charge on any atom is 0.105 e. The van der Waals surface area contributed by atoms with Crippen LogP contribution >= 0.6 is 11.3 Å². The van der Waals surface area contributed by atoms with Crippen LogP contribution in [0.2, 0.25) is 0 Å². The van der Waals surface area contributed by atoms with Gasteiger partial charge in [0.25, 0.3) is 0 Å². The average Bonchev–Trinajstić information content (AvgIpc) is 2.94. The van der Waals surface area contributed by atoms with Crippen LogP contribution in [0.1, 0.15) is 22.6 Å². The minimum Gasteiger partial charge on any atom is -0.376 e. The van der Waals surface area contributed by atoms with Crippen LogP contribution in [0.25, 0.3) is 0 Å². The summed E-state index contributed by atoms with van der Waals surface area (Å²) in [4.78, 5) is 2.73. The highest BCUT2D eigenvalue weighted by molar-refractivity contribution is 7.11. The number of nitrogens with one attached hydrogen (secondary N) is 1. The van der Waals surface area contributed by atoms with Crippen LogP contribution in [0.3, 0.4) is 0 Å². The standard InChI is InChI=1S/C12H17NO2S/c1-2-9(1)13-5-11-3-4-12(16-11)8-15-10-6-14-7-10/h3-4,9-10,13H,1-2,5-8H2. The van der Waals surface area contributed by atoms with Crippen LogP contribution in [0, 0.1) is 0 Å². The minimum absolute atomic E-state index is 0.329. The van der Waals surface area contributed by atoms with Gasteiger partial charge in [-0.05, 0) is 25.0 Å². The molecule has 0 aromatic carbocycles. The number of hydrogen-bond donors (Lipinski definition) is 1. The molecule has 0 amide bonds. The van der Waals surface area contributed by atoms with Gasteiger partial charge in [-0.1, -0.05) is 0 Å². The summed E-state index contributed by atoms with van der Waals surface area (Å²) in [5.41, 5.74) is 0. The van der Waals surface area contributed by atoms with Gasteiger partial charge in [0, 0.05) is 22.3 Å². The molecule has 0 spiro atoms. The largest absolute Gasteiger partial charge is 0.376 e. The van der Waals surface area contributed by atoms with Crippen LogP contribution < -0.4 is 5.32 Å². The zero-order chi connectivity index (χ0) is 10.8. The van der Waals surface area contributed by atoms with E-state index in [4.69, 9.17) is 9.47 Å². The number of thiophene rings is 1. The summed E-state index contributed by atoms with van der Waals surface area (Å²) >= 11 is 1.85. The molecule has 2 heterocycles. The van der Waals surface area contributed by atoms with Gasteiger partial charge in [-0.25, -0.2) is 0 Å². The molecule has 4 heteroatoms. The second-order valence-electron chi connectivity index (χ2n) is 4.49. The van der Waals surface area contributed by atoms with Crippen molar-refractivity contribution in [3.8, 4) is 0 Å². The van der Waals surface area contributed by atoms with E-state index in [2.05, 4.69) is 17.4 Å². The van der Waals surface area contributed by atoms with Gasteiger partial charge in [-0.15, -0.1) is 11.3 Å². The van der Waals surface area contributed by atoms with Crippen LogP contribution in [-0.4, -0.2) is 25.4 Å². The van der Waals surface area contributed by atoms with Gasteiger partial charge in [0.15, 0.2) is 0 Å². The van der Waals surface area contributed by atoms with E-state index in [1.54, 1.807) is 0 Å². The van der Waals surface area contributed by atoms with Crippen molar-refractivity contribution in [2.75, 3.05) is 13.2 Å². The van der Waals surface area contributed by atoms with Crippen LogP contribution in [0.4, 0.5) is 0 Å². The highest BCUT2D eigenvalue weighted by atomic mass is 32.1. The fourth-order valence-electron chi connectivity index (χ4n) is 1.64. The Kier molecular flexibility index (Phi) is 3.24. The third-order valence-corrected chi connectivity index (χ3v) is 3.99. The quantitative estimate of drug-likeness (QED) is 0.822. The fraction of sp³-hybridized carbons (Fsp3) is 0.667. The van der Waals surface area contributed by atoms with Gasteiger partial charge in [-0.2, -0.15) is 0 Å². The van der Waals surface area contributed by atoms with E-state index in [0.29, 0.717) is 6.10 Å². The van der Waals surface area contributed by atoms with Crippen molar-refractivity contribution in [3.05, 3.63) is 21.9 Å². The molecule has 1 aliphatic heterocycles. The van der Waals surface area contributed by atoms with E-state index < -0.39 is 0 Å². The zero-order valence-corrected chi connectivity index (χ0v) is 10.1. The summed E-state index contributed by atoms with van der Waals surface area (Å²) in [5.74, 6) is 0. The van der Waals surface area contributed by atoms with Gasteiger partial charge < -0.3 is 14.8 Å². The summed E-state index contributed by atoms with van der Waals surface area (Å²) in [6, 6.07) is 5.17. The second kappa shape index (κ2) is 4.84. The van der Waals surface area contributed by atoms with E-state index in [-0.39, 0.29) is 0 Å². The van der Waals surface area contributed by atoms with E-state index in [9.17, 15) is 0 Å². The molecule has 2 fully saturated rings. The van der Waals surface area contributed by atoms with Crippen LogP contribution in [0.5, 0.6) is 0 Å². The Balaban J connectivity index is 1.43. The van der Waals surface area contributed by atoms with Gasteiger partial charge in [0.05, 0.1) is 19.8 Å². The van der Waals surface area contributed by atoms with E-state index >= 15 is 0 Å². The lowest BCUT2D eigenvalue weighted by molar-refractivity contribution is -0.134. The van der Waals surface area contributed by atoms with Gasteiger partial charge in [0.2, 0.25) is 0 Å². The molecule has 1 N–H and O–H groups in total. The molecule has 0 atom stereocenters. The predicted octanol–water partition coefficient (Wildman–Crippen LogP) is 1.92. The predicted molar refractivity (Wildman–Crippen MR) is 63.6 cm³/mol. The summed E-state index contributed by atoms with van der Waals surface area (Å²) in [5, 5.41) is 3.52. The second-order valence-corrected chi connectivity index (χ2v) is 5.75. The summed E-state index contributed by atoms with van der Waals surface area (Å²) in [6.07, 6.45) is 3.03. The maximum absolute atomic E-state index is 5.68. The van der Waals surface area contributed by atoms with E-state index in [1.807, 2.05) is 11.3 Å². The summed E-state index contributed by atoms with van der Waals surface area (Å²) in [7, 11) is 0. The van der Waals surface area contributed by atoms with E-state index in [0.717, 1.165) is 32.4 Å². The number of rotatable bonds is 6. The van der Waals surface area contributed by atoms with Crippen molar-refractivity contribution in [3.63, 3.8) is 0 Å². The molecule has 1 aromatic heterocycles. The lowest BCUT2D eigenvalue weighted by Gasteiger charge is -2.25. The molecule has 88 valence electrons. The summed E-state index contributed by atoms with van der Waals surface area (Å²) < 4.78 is 10.7. The monoisotopic (exact) mass is 239 g/mol. The van der Waals surface area contributed by atoms with Crippen molar-refractivity contribution in [1.29, 1.82) is 0 Å². The first-order valence-electron chi connectivity index (χ1n) is 5.90. The Hall–Kier alpha value is -0.420. The van der Waals surface area contributed by atoms with Crippen molar-refractivity contribution in [2.24, 2.45) is 0 Å². The van der Waals surface area contributed by atoms with Gasteiger partial charge >= 0.3 is 0 Å². The van der Waals surface area contributed by atoms with Crippen molar-refractivity contribution >= 4 is 11.3 Å². The first kappa shape index (κ1) is 10.7. The lowest BCUT2D eigenvalue weighted by Crippen LogP contribution is -2.35. The minimum atomic E-state index is 0.329. The Morgan fingerprint density at radius 3 is 2.81 bits per heavy atom. The maximum atomic E-state index is 5.68. The van der Waals surface area contributed by atoms with Gasteiger partial charge in [-0.3, -0.25) is 0 Å². The third-order valence-electron chi connectivity index (χ3n) is 2.93. The molecule has 1 saturated heterocycles. The topological polar surface area (TPSA) is 30.5 Å². The number of hydrogen-bond acceptors (Lipinski definition) is 4. The molecule has 1 aromatic rings. The molecule has 2 aliphatic rings. The lowest BCUT2D eigenvalue weighted by atomic mass is 10.3. The SMILES string of the molecule is c1cc(COC2COC2)sc1CNC1CC1. The molecule has 0 unspecified atom stereocenters. The average molecular weight is 239 g/mol. The Morgan fingerprint density at radius 1 is 1.31 bits per heavy atom. The molecule has 0 radical (unpaired) electrons. The van der Waals surface area contributed by atoms with Crippen LogP contribution in [0.15, 0.2) is 12.1 Å². The molecule has 0 bridgehead atoms. The van der Waals surface area contributed by atoms with Gasteiger partial charge in [0.1, 0.15) is 6.10 Å². The van der Waals surface area contributed by atoms with Crippen molar-refractivity contribution in [1.82, 2.24) is 5.32 Å². The molecule has 1 saturated carbocycles. The fourth-order valence-corrected chi connectivity index (χ4v) is 2.53. The van der Waals surface area contributed by atoms with Crippen molar-refractivity contribution in [2.45, 2.75) is 38.1 Å². The summed E-state index contributed by atoms with van der Waals surface area (Å²) in [6.45, 7) is 3.28. The van der Waals surface area contributed by atoms with Crippen molar-refractivity contribution < 1.29 is 9.47 Å². The molecule has 3 rings (SSSR count). The van der Waals surface area contributed by atoms with Crippen LogP contribution in [-0.2, 0) is 22.6 Å². The van der Waals surface area contributed by atoms with E-state index in [1.165, 1.54) is 22.6 Å². The number of ether oxygens (including phenoxy) is 2. The smallest absolute Gasteiger partial charge is 0.105 e. The molecular formula is C12H17NO2S. The molecular weight excluding hydrogens is 222 g/mol. The Morgan fingerprint density at radius 2 is 2.12 bits per heavy atom. The Labute approximate surface area is 99.8 Å². The first-order valence-corrected chi connectivity index (χ1v) is 6.72. The molecule has 16 heavy (non-hydrogen) atoms. The highest BCUT2D eigenvalue weighted by Crippen LogP contribution is 2.22. The third kappa shape index (κ3) is 2.83. The highest BCUT2D eigenvalue weighted by Gasteiger charge is 2.21. The molecule has 3 nitrogen and oxygen atoms in total. The zero-order valence-electron chi connectivity index (χ0n) is 9.28. The molecule has 1 aliphatic carbocycles. The Bertz CT molecular complexity index is 345.